The van der Waals surface area contributed by atoms with E-state index in [1.165, 1.54) is 6.07 Å². The third-order valence-electron chi connectivity index (χ3n) is 3.16. The van der Waals surface area contributed by atoms with Crippen molar-refractivity contribution < 1.29 is 16.8 Å². The number of nitrogens with one attached hydrogen (secondary N) is 1. The highest BCUT2D eigenvalue weighted by atomic mass is 32.3. The molecule has 0 bridgehead atoms. The number of primary sulfonamides is 1. The van der Waals surface area contributed by atoms with E-state index in [-0.39, 0.29) is 14.5 Å². The number of fused-ring (bicyclic) bond motifs is 1. The molecule has 0 fully saturated rings. The van der Waals surface area contributed by atoms with E-state index in [1.807, 2.05) is 6.92 Å². The van der Waals surface area contributed by atoms with Gasteiger partial charge in [-0.05, 0) is 26.0 Å². The third kappa shape index (κ3) is 2.57. The summed E-state index contributed by atoms with van der Waals surface area (Å²) in [7, 11) is -7.33. The van der Waals surface area contributed by atoms with Crippen LogP contribution in [-0.2, 0) is 19.9 Å². The van der Waals surface area contributed by atoms with Crippen molar-refractivity contribution in [1.82, 2.24) is 5.32 Å². The second-order valence-electron chi connectivity index (χ2n) is 4.55. The van der Waals surface area contributed by atoms with Crippen LogP contribution in [0.2, 0.25) is 0 Å². The summed E-state index contributed by atoms with van der Waals surface area (Å²) in [6, 6.07) is 1.23. The van der Waals surface area contributed by atoms with Gasteiger partial charge in [0.1, 0.15) is 8.42 Å². The van der Waals surface area contributed by atoms with Gasteiger partial charge in [0.2, 0.25) is 10.0 Å². The predicted octanol–water partition coefficient (Wildman–Crippen LogP) is 0.612. The minimum absolute atomic E-state index is 0.0990. The summed E-state index contributed by atoms with van der Waals surface area (Å²) < 4.78 is 47.3. The smallest absolute Gasteiger partial charge is 0.247 e. The highest BCUT2D eigenvalue weighted by Crippen LogP contribution is 2.42. The molecule has 0 amide bonds. The lowest BCUT2D eigenvalue weighted by Crippen LogP contribution is -2.33. The van der Waals surface area contributed by atoms with Crippen molar-refractivity contribution in [1.29, 1.82) is 0 Å². The highest BCUT2D eigenvalue weighted by Gasteiger charge is 2.39. The standard InChI is InChI=1S/C10H16N2O4S3/c1-3-12-8-4-6(2)18(13,14)10-7(8)5-9(17-10)19(11,15)16/h5-6,8,12H,3-4H2,1-2H3,(H2,11,15,16)/t6?,8-/m1/s1. The molecule has 2 heterocycles. The maximum absolute atomic E-state index is 12.2. The zero-order valence-corrected chi connectivity index (χ0v) is 13.0. The summed E-state index contributed by atoms with van der Waals surface area (Å²) in [6.07, 6.45) is 0.434. The van der Waals surface area contributed by atoms with Crippen molar-refractivity contribution in [3.63, 3.8) is 0 Å². The Balaban J connectivity index is 2.64. The Hall–Kier alpha value is -0.480. The van der Waals surface area contributed by atoms with Gasteiger partial charge in [-0.1, -0.05) is 6.92 Å². The number of hydrogen-bond acceptors (Lipinski definition) is 6. The van der Waals surface area contributed by atoms with Crippen molar-refractivity contribution in [3.8, 4) is 0 Å². The van der Waals surface area contributed by atoms with Gasteiger partial charge in [0, 0.05) is 11.6 Å². The van der Waals surface area contributed by atoms with Crippen molar-refractivity contribution in [2.75, 3.05) is 6.54 Å². The van der Waals surface area contributed by atoms with E-state index in [1.54, 1.807) is 6.92 Å². The minimum atomic E-state index is -3.88. The number of sulfone groups is 1. The summed E-state index contributed by atoms with van der Waals surface area (Å²) in [6.45, 7) is 4.23. The molecule has 6 nitrogen and oxygen atoms in total. The van der Waals surface area contributed by atoms with Crippen molar-refractivity contribution in [2.45, 2.75) is 40.0 Å². The van der Waals surface area contributed by atoms with Crippen LogP contribution in [0.25, 0.3) is 0 Å². The molecule has 108 valence electrons. The van der Waals surface area contributed by atoms with Crippen LogP contribution >= 0.6 is 11.3 Å². The van der Waals surface area contributed by atoms with Gasteiger partial charge in [0.25, 0.3) is 0 Å². The summed E-state index contributed by atoms with van der Waals surface area (Å²) >= 11 is 0.742. The van der Waals surface area contributed by atoms with Crippen LogP contribution in [0, 0.1) is 0 Å². The summed E-state index contributed by atoms with van der Waals surface area (Å²) in [5.74, 6) is 0. The van der Waals surface area contributed by atoms with Crippen LogP contribution < -0.4 is 10.5 Å². The molecule has 0 radical (unpaired) electrons. The zero-order valence-electron chi connectivity index (χ0n) is 10.6. The van der Waals surface area contributed by atoms with Crippen LogP contribution in [0.15, 0.2) is 14.5 Å². The fourth-order valence-electron chi connectivity index (χ4n) is 2.18. The fourth-order valence-corrected chi connectivity index (χ4v) is 6.60. The molecular formula is C10H16N2O4S3. The van der Waals surface area contributed by atoms with Gasteiger partial charge in [-0.3, -0.25) is 0 Å². The monoisotopic (exact) mass is 324 g/mol. The molecule has 0 aliphatic carbocycles. The van der Waals surface area contributed by atoms with E-state index < -0.39 is 25.1 Å². The average Bonchev–Trinajstić information content (AvgIpc) is 2.72. The topological polar surface area (TPSA) is 106 Å². The zero-order chi connectivity index (χ0) is 14.4. The summed E-state index contributed by atoms with van der Waals surface area (Å²) in [5.41, 5.74) is 0.522. The molecule has 0 saturated heterocycles. The van der Waals surface area contributed by atoms with Crippen LogP contribution in [0.1, 0.15) is 31.9 Å². The number of sulfonamides is 1. The van der Waals surface area contributed by atoms with E-state index in [0.29, 0.717) is 18.5 Å². The van der Waals surface area contributed by atoms with Crippen LogP contribution in [0.5, 0.6) is 0 Å². The molecule has 19 heavy (non-hydrogen) atoms. The Morgan fingerprint density at radius 2 is 2.16 bits per heavy atom. The number of thiophene rings is 1. The van der Waals surface area contributed by atoms with Crippen molar-refractivity contribution in [3.05, 3.63) is 11.6 Å². The van der Waals surface area contributed by atoms with Gasteiger partial charge in [-0.2, -0.15) is 0 Å². The minimum Gasteiger partial charge on any atom is -0.310 e. The maximum Gasteiger partial charge on any atom is 0.247 e. The first-order valence-electron chi connectivity index (χ1n) is 5.81. The van der Waals surface area contributed by atoms with Gasteiger partial charge in [0.05, 0.1) is 5.25 Å². The molecule has 3 N–H and O–H groups in total. The number of rotatable bonds is 3. The summed E-state index contributed by atoms with van der Waals surface area (Å²) in [5, 5.41) is 7.73. The van der Waals surface area contributed by atoms with E-state index >= 15 is 0 Å². The Morgan fingerprint density at radius 1 is 1.53 bits per heavy atom. The maximum atomic E-state index is 12.2. The van der Waals surface area contributed by atoms with Crippen LogP contribution in [-0.4, -0.2) is 28.6 Å². The quantitative estimate of drug-likeness (QED) is 0.847. The molecule has 2 rings (SSSR count). The molecule has 1 aliphatic heterocycles. The first-order valence-corrected chi connectivity index (χ1v) is 9.72. The Morgan fingerprint density at radius 3 is 2.68 bits per heavy atom. The number of hydrogen-bond donors (Lipinski definition) is 2. The molecule has 1 aromatic heterocycles. The molecule has 2 atom stereocenters. The van der Waals surface area contributed by atoms with E-state index in [9.17, 15) is 16.8 Å². The van der Waals surface area contributed by atoms with Gasteiger partial charge in [-0.15, -0.1) is 11.3 Å². The Labute approximate surface area is 117 Å². The molecule has 0 saturated carbocycles. The molecule has 1 aliphatic rings. The van der Waals surface area contributed by atoms with Gasteiger partial charge in [0.15, 0.2) is 9.84 Å². The SMILES string of the molecule is CCN[C@@H]1CC(C)S(=O)(=O)c2sc(S(N)(=O)=O)cc21. The van der Waals surface area contributed by atoms with Crippen molar-refractivity contribution in [2.24, 2.45) is 5.14 Å². The van der Waals surface area contributed by atoms with E-state index in [2.05, 4.69) is 5.32 Å². The van der Waals surface area contributed by atoms with Crippen molar-refractivity contribution >= 4 is 31.2 Å². The molecular weight excluding hydrogens is 308 g/mol. The molecule has 1 aromatic rings. The second-order valence-corrected chi connectivity index (χ2v) is 9.96. The van der Waals surface area contributed by atoms with Gasteiger partial charge in [-0.25, -0.2) is 22.0 Å². The first kappa shape index (κ1) is 14.9. The highest BCUT2D eigenvalue weighted by molar-refractivity contribution is 7.95. The summed E-state index contributed by atoms with van der Waals surface area (Å²) in [4.78, 5) is 0. The molecule has 9 heteroatoms. The molecule has 0 spiro atoms. The van der Waals surface area contributed by atoms with Crippen LogP contribution in [0.4, 0.5) is 0 Å². The first-order chi connectivity index (χ1) is 8.67. The van der Waals surface area contributed by atoms with Crippen LogP contribution in [0.3, 0.4) is 0 Å². The van der Waals surface area contributed by atoms with E-state index in [0.717, 1.165) is 11.3 Å². The fraction of sp³-hybridized carbons (Fsp3) is 0.600. The Kier molecular flexibility index (Phi) is 3.78. The van der Waals surface area contributed by atoms with E-state index in [4.69, 9.17) is 5.14 Å². The molecule has 1 unspecified atom stereocenters. The average molecular weight is 324 g/mol. The predicted molar refractivity (Wildman–Crippen MR) is 73.4 cm³/mol. The lowest BCUT2D eigenvalue weighted by molar-refractivity contribution is 0.477. The third-order valence-corrected chi connectivity index (χ3v) is 8.48. The second kappa shape index (κ2) is 4.81. The lowest BCUT2D eigenvalue weighted by Gasteiger charge is -2.27. The lowest BCUT2D eigenvalue weighted by atomic mass is 10.1. The van der Waals surface area contributed by atoms with Gasteiger partial charge < -0.3 is 5.32 Å². The normalized spacial score (nSPS) is 26.1. The number of nitrogens with two attached hydrogens (primary N) is 1. The Bertz CT molecular complexity index is 690. The molecule has 0 aromatic carbocycles. The largest absolute Gasteiger partial charge is 0.310 e. The van der Waals surface area contributed by atoms with Gasteiger partial charge >= 0.3 is 0 Å².